The first-order valence-corrected chi connectivity index (χ1v) is 4.63. The Morgan fingerprint density at radius 2 is 1.93 bits per heavy atom. The fourth-order valence-electron chi connectivity index (χ4n) is 1.59. The first kappa shape index (κ1) is 9.52. The number of rotatable bonds is 2. The molecule has 0 saturated carbocycles. The molecule has 0 saturated heterocycles. The smallest absolute Gasteiger partial charge is 0.285 e. The van der Waals surface area contributed by atoms with Crippen molar-refractivity contribution in [1.82, 2.24) is 0 Å². The molecule has 2 aromatic rings. The Bertz CT molecular complexity index is 500. The maximum Gasteiger partial charge on any atom is 0.285 e. The molecular formula is C12H11NO2. The lowest BCUT2D eigenvalue weighted by atomic mass is 10.0. The maximum atomic E-state index is 11.1. The molecule has 1 aromatic heterocycles. The van der Waals surface area contributed by atoms with Crippen molar-refractivity contribution in [1.29, 1.82) is 0 Å². The number of amides is 1. The van der Waals surface area contributed by atoms with Gasteiger partial charge in [0.25, 0.3) is 5.91 Å². The normalized spacial score (nSPS) is 10.2. The van der Waals surface area contributed by atoms with Crippen LogP contribution in [-0.4, -0.2) is 5.91 Å². The monoisotopic (exact) mass is 201 g/mol. The largest absolute Gasteiger partial charge is 0.459 e. The zero-order chi connectivity index (χ0) is 10.8. The molecule has 76 valence electrons. The van der Waals surface area contributed by atoms with E-state index in [1.165, 1.54) is 6.26 Å². The van der Waals surface area contributed by atoms with Crippen LogP contribution in [0.3, 0.4) is 0 Å². The third-order valence-electron chi connectivity index (χ3n) is 2.32. The summed E-state index contributed by atoms with van der Waals surface area (Å²) in [6.45, 7) is 1.98. The molecular weight excluding hydrogens is 190 g/mol. The first-order chi connectivity index (χ1) is 7.20. The minimum Gasteiger partial charge on any atom is -0.459 e. The minimum atomic E-state index is -0.543. The van der Waals surface area contributed by atoms with Crippen LogP contribution in [0, 0.1) is 6.92 Å². The Morgan fingerprint density at radius 1 is 1.20 bits per heavy atom. The number of nitrogens with two attached hydrogens (primary N) is 1. The third kappa shape index (κ3) is 1.64. The van der Waals surface area contributed by atoms with Crippen LogP contribution in [0.15, 0.2) is 41.0 Å². The standard InChI is InChI=1S/C12H11NO2/c1-8-4-2-3-5-9(8)10-6-7-15-11(10)12(13)14/h2-7H,1H3,(H2,13,14). The molecule has 0 fully saturated rings. The van der Waals surface area contributed by atoms with Crippen molar-refractivity contribution in [3.8, 4) is 11.1 Å². The summed E-state index contributed by atoms with van der Waals surface area (Å²) < 4.78 is 5.06. The predicted molar refractivity (Wildman–Crippen MR) is 57.4 cm³/mol. The van der Waals surface area contributed by atoms with E-state index in [2.05, 4.69) is 0 Å². The summed E-state index contributed by atoms with van der Waals surface area (Å²) in [5.74, 6) is -0.331. The van der Waals surface area contributed by atoms with Gasteiger partial charge >= 0.3 is 0 Å². The van der Waals surface area contributed by atoms with Crippen molar-refractivity contribution < 1.29 is 9.21 Å². The summed E-state index contributed by atoms with van der Waals surface area (Å²) in [6.07, 6.45) is 1.47. The summed E-state index contributed by atoms with van der Waals surface area (Å²) in [5.41, 5.74) is 8.02. The maximum absolute atomic E-state index is 11.1. The van der Waals surface area contributed by atoms with Crippen molar-refractivity contribution >= 4 is 5.91 Å². The third-order valence-corrected chi connectivity index (χ3v) is 2.32. The Morgan fingerprint density at radius 3 is 2.60 bits per heavy atom. The van der Waals surface area contributed by atoms with Gasteiger partial charge in [-0.3, -0.25) is 4.79 Å². The van der Waals surface area contributed by atoms with Crippen LogP contribution in [0.25, 0.3) is 11.1 Å². The molecule has 1 heterocycles. The second kappa shape index (κ2) is 3.61. The van der Waals surface area contributed by atoms with Crippen molar-refractivity contribution in [3.63, 3.8) is 0 Å². The first-order valence-electron chi connectivity index (χ1n) is 4.63. The average molecular weight is 201 g/mol. The summed E-state index contributed by atoms with van der Waals surface area (Å²) in [7, 11) is 0. The van der Waals surface area contributed by atoms with Crippen molar-refractivity contribution in [2.45, 2.75) is 6.92 Å². The number of benzene rings is 1. The van der Waals surface area contributed by atoms with Crippen LogP contribution >= 0.6 is 0 Å². The molecule has 3 heteroatoms. The molecule has 0 atom stereocenters. The Kier molecular flexibility index (Phi) is 2.29. The molecule has 1 amide bonds. The zero-order valence-electron chi connectivity index (χ0n) is 8.36. The van der Waals surface area contributed by atoms with Crippen LogP contribution in [0.4, 0.5) is 0 Å². The molecule has 0 aliphatic rings. The lowest BCUT2D eigenvalue weighted by Crippen LogP contribution is -2.10. The van der Waals surface area contributed by atoms with E-state index in [1.54, 1.807) is 6.07 Å². The van der Waals surface area contributed by atoms with Gasteiger partial charge < -0.3 is 10.2 Å². The predicted octanol–water partition coefficient (Wildman–Crippen LogP) is 2.35. The summed E-state index contributed by atoms with van der Waals surface area (Å²) >= 11 is 0. The van der Waals surface area contributed by atoms with Gasteiger partial charge in [-0.2, -0.15) is 0 Å². The van der Waals surface area contributed by atoms with Crippen molar-refractivity contribution in [3.05, 3.63) is 47.9 Å². The number of hydrogen-bond donors (Lipinski definition) is 1. The Labute approximate surface area is 87.5 Å². The van der Waals surface area contributed by atoms with E-state index in [4.69, 9.17) is 10.2 Å². The molecule has 3 nitrogen and oxygen atoms in total. The molecule has 0 aliphatic carbocycles. The molecule has 0 unspecified atom stereocenters. The highest BCUT2D eigenvalue weighted by atomic mass is 16.3. The topological polar surface area (TPSA) is 56.2 Å². The van der Waals surface area contributed by atoms with E-state index in [0.29, 0.717) is 0 Å². The molecule has 2 N–H and O–H groups in total. The van der Waals surface area contributed by atoms with E-state index in [9.17, 15) is 4.79 Å². The highest BCUT2D eigenvalue weighted by Crippen LogP contribution is 2.27. The fraction of sp³-hybridized carbons (Fsp3) is 0.0833. The van der Waals surface area contributed by atoms with Crippen LogP contribution in [0.2, 0.25) is 0 Å². The Balaban J connectivity index is 2.59. The van der Waals surface area contributed by atoms with Gasteiger partial charge in [-0.1, -0.05) is 24.3 Å². The van der Waals surface area contributed by atoms with Gasteiger partial charge in [0, 0.05) is 5.56 Å². The van der Waals surface area contributed by atoms with Gasteiger partial charge in [0.2, 0.25) is 0 Å². The van der Waals surface area contributed by atoms with Gasteiger partial charge in [-0.15, -0.1) is 0 Å². The Hall–Kier alpha value is -2.03. The number of carbonyl (C=O) groups excluding carboxylic acids is 1. The molecule has 2 rings (SSSR count). The second-order valence-electron chi connectivity index (χ2n) is 3.34. The van der Waals surface area contributed by atoms with E-state index < -0.39 is 5.91 Å². The number of primary amides is 1. The van der Waals surface area contributed by atoms with Gasteiger partial charge in [0.1, 0.15) is 0 Å². The lowest BCUT2D eigenvalue weighted by Gasteiger charge is -2.03. The van der Waals surface area contributed by atoms with E-state index >= 15 is 0 Å². The fourth-order valence-corrected chi connectivity index (χ4v) is 1.59. The molecule has 0 bridgehead atoms. The molecule has 0 spiro atoms. The van der Waals surface area contributed by atoms with Crippen LogP contribution in [0.1, 0.15) is 16.1 Å². The number of carbonyl (C=O) groups is 1. The van der Waals surface area contributed by atoms with E-state index in [0.717, 1.165) is 16.7 Å². The van der Waals surface area contributed by atoms with Crippen LogP contribution in [0.5, 0.6) is 0 Å². The van der Waals surface area contributed by atoms with Crippen LogP contribution in [-0.2, 0) is 0 Å². The summed E-state index contributed by atoms with van der Waals surface area (Å²) in [6, 6.07) is 9.53. The minimum absolute atomic E-state index is 0.212. The summed E-state index contributed by atoms with van der Waals surface area (Å²) in [4.78, 5) is 11.1. The van der Waals surface area contributed by atoms with Crippen LogP contribution < -0.4 is 5.73 Å². The molecule has 15 heavy (non-hydrogen) atoms. The quantitative estimate of drug-likeness (QED) is 0.810. The molecule has 0 radical (unpaired) electrons. The van der Waals surface area contributed by atoms with Gasteiger partial charge in [-0.25, -0.2) is 0 Å². The van der Waals surface area contributed by atoms with Gasteiger partial charge in [0.15, 0.2) is 5.76 Å². The SMILES string of the molecule is Cc1ccccc1-c1ccoc1C(N)=O. The number of hydrogen-bond acceptors (Lipinski definition) is 2. The number of furan rings is 1. The highest BCUT2D eigenvalue weighted by molar-refractivity contribution is 5.97. The second-order valence-corrected chi connectivity index (χ2v) is 3.34. The van der Waals surface area contributed by atoms with E-state index in [1.807, 2.05) is 31.2 Å². The van der Waals surface area contributed by atoms with Crippen molar-refractivity contribution in [2.75, 3.05) is 0 Å². The van der Waals surface area contributed by atoms with E-state index in [-0.39, 0.29) is 5.76 Å². The average Bonchev–Trinajstić information content (AvgIpc) is 2.67. The highest BCUT2D eigenvalue weighted by Gasteiger charge is 2.14. The summed E-state index contributed by atoms with van der Waals surface area (Å²) in [5, 5.41) is 0. The molecule has 0 aliphatic heterocycles. The number of aryl methyl sites for hydroxylation is 1. The lowest BCUT2D eigenvalue weighted by molar-refractivity contribution is 0.0975. The zero-order valence-corrected chi connectivity index (χ0v) is 8.36. The van der Waals surface area contributed by atoms with Crippen molar-refractivity contribution in [2.24, 2.45) is 5.73 Å². The molecule has 1 aromatic carbocycles. The van der Waals surface area contributed by atoms with Gasteiger partial charge in [0.05, 0.1) is 6.26 Å². The van der Waals surface area contributed by atoms with Gasteiger partial charge in [-0.05, 0) is 24.1 Å².